The molecule has 2 nitrogen and oxygen atoms in total. The standard InChI is InChI=1S/C11H16N2/c1-9(2)10-7-13(8-10)11-5-3-4-6-12-11/h3-6,9-10H,7-8H2,1-2H3. The van der Waals surface area contributed by atoms with E-state index in [0.717, 1.165) is 17.7 Å². The van der Waals surface area contributed by atoms with E-state index in [2.05, 4.69) is 29.8 Å². The second kappa shape index (κ2) is 3.36. The maximum Gasteiger partial charge on any atom is 0.128 e. The molecule has 2 rings (SSSR count). The summed E-state index contributed by atoms with van der Waals surface area (Å²) in [5.74, 6) is 2.79. The molecule has 2 heterocycles. The summed E-state index contributed by atoms with van der Waals surface area (Å²) in [6.45, 7) is 6.93. The molecule has 1 saturated heterocycles. The van der Waals surface area contributed by atoms with Gasteiger partial charge >= 0.3 is 0 Å². The largest absolute Gasteiger partial charge is 0.356 e. The van der Waals surface area contributed by atoms with Crippen LogP contribution in [0.1, 0.15) is 13.8 Å². The molecule has 1 aromatic rings. The van der Waals surface area contributed by atoms with Gasteiger partial charge in [-0.1, -0.05) is 19.9 Å². The van der Waals surface area contributed by atoms with Gasteiger partial charge < -0.3 is 4.90 Å². The van der Waals surface area contributed by atoms with Crippen molar-refractivity contribution < 1.29 is 0 Å². The molecule has 0 saturated carbocycles. The molecule has 1 aliphatic rings. The topological polar surface area (TPSA) is 16.1 Å². The monoisotopic (exact) mass is 176 g/mol. The fourth-order valence-corrected chi connectivity index (χ4v) is 1.66. The Labute approximate surface area is 79.6 Å². The predicted molar refractivity (Wildman–Crippen MR) is 54.8 cm³/mol. The number of hydrogen-bond donors (Lipinski definition) is 0. The lowest BCUT2D eigenvalue weighted by molar-refractivity contribution is 0.308. The lowest BCUT2D eigenvalue weighted by Crippen LogP contribution is -2.49. The average molecular weight is 176 g/mol. The summed E-state index contributed by atoms with van der Waals surface area (Å²) in [6.07, 6.45) is 1.86. The fraction of sp³-hybridized carbons (Fsp3) is 0.545. The van der Waals surface area contributed by atoms with Crippen LogP contribution in [0.15, 0.2) is 24.4 Å². The highest BCUT2D eigenvalue weighted by Gasteiger charge is 2.29. The van der Waals surface area contributed by atoms with E-state index in [1.165, 1.54) is 13.1 Å². The number of rotatable bonds is 2. The molecule has 0 aromatic carbocycles. The molecule has 1 aromatic heterocycles. The van der Waals surface area contributed by atoms with Crippen molar-refractivity contribution in [3.8, 4) is 0 Å². The van der Waals surface area contributed by atoms with Crippen molar-refractivity contribution >= 4 is 5.82 Å². The fourth-order valence-electron chi connectivity index (χ4n) is 1.66. The maximum absolute atomic E-state index is 4.32. The zero-order chi connectivity index (χ0) is 9.26. The van der Waals surface area contributed by atoms with Crippen LogP contribution in [0.3, 0.4) is 0 Å². The van der Waals surface area contributed by atoms with Crippen LogP contribution in [-0.2, 0) is 0 Å². The molecule has 70 valence electrons. The first-order valence-corrected chi connectivity index (χ1v) is 4.93. The third-order valence-corrected chi connectivity index (χ3v) is 2.83. The smallest absolute Gasteiger partial charge is 0.128 e. The molecule has 0 atom stereocenters. The van der Waals surface area contributed by atoms with Crippen molar-refractivity contribution in [3.05, 3.63) is 24.4 Å². The molecular weight excluding hydrogens is 160 g/mol. The number of aromatic nitrogens is 1. The number of anilines is 1. The number of nitrogens with zero attached hydrogens (tertiary/aromatic N) is 2. The number of pyridine rings is 1. The average Bonchev–Trinajstić information content (AvgIpc) is 2.02. The highest BCUT2D eigenvalue weighted by atomic mass is 15.2. The quantitative estimate of drug-likeness (QED) is 0.686. The SMILES string of the molecule is CC(C)C1CN(c2ccccn2)C1. The van der Waals surface area contributed by atoms with Crippen molar-refractivity contribution in [3.63, 3.8) is 0 Å². The van der Waals surface area contributed by atoms with Crippen molar-refractivity contribution in [2.45, 2.75) is 13.8 Å². The van der Waals surface area contributed by atoms with Crippen LogP contribution in [-0.4, -0.2) is 18.1 Å². The molecule has 2 heteroatoms. The molecule has 0 radical (unpaired) electrons. The third-order valence-electron chi connectivity index (χ3n) is 2.83. The molecule has 0 amide bonds. The third kappa shape index (κ3) is 1.67. The molecule has 0 aliphatic carbocycles. The first kappa shape index (κ1) is 8.54. The van der Waals surface area contributed by atoms with E-state index in [-0.39, 0.29) is 0 Å². The van der Waals surface area contributed by atoms with Crippen molar-refractivity contribution in [2.75, 3.05) is 18.0 Å². The van der Waals surface area contributed by atoms with E-state index < -0.39 is 0 Å². The van der Waals surface area contributed by atoms with Gasteiger partial charge in [0.25, 0.3) is 0 Å². The van der Waals surface area contributed by atoms with Gasteiger partial charge in [0.15, 0.2) is 0 Å². The summed E-state index contributed by atoms with van der Waals surface area (Å²) in [6, 6.07) is 6.09. The summed E-state index contributed by atoms with van der Waals surface area (Å²) in [5.41, 5.74) is 0. The lowest BCUT2D eigenvalue weighted by atomic mass is 9.88. The molecular formula is C11H16N2. The predicted octanol–water partition coefficient (Wildman–Crippen LogP) is 2.17. The van der Waals surface area contributed by atoms with Gasteiger partial charge in [-0.2, -0.15) is 0 Å². The van der Waals surface area contributed by atoms with Crippen LogP contribution in [0.2, 0.25) is 0 Å². The minimum Gasteiger partial charge on any atom is -0.356 e. The zero-order valence-electron chi connectivity index (χ0n) is 8.27. The normalized spacial score (nSPS) is 17.6. The van der Waals surface area contributed by atoms with Gasteiger partial charge in [0.1, 0.15) is 5.82 Å². The first-order chi connectivity index (χ1) is 6.27. The van der Waals surface area contributed by atoms with E-state index in [1.54, 1.807) is 0 Å². The van der Waals surface area contributed by atoms with E-state index >= 15 is 0 Å². The van der Waals surface area contributed by atoms with Gasteiger partial charge in [-0.3, -0.25) is 0 Å². The highest BCUT2D eigenvalue weighted by molar-refractivity contribution is 5.40. The Bertz CT molecular complexity index is 263. The van der Waals surface area contributed by atoms with E-state index in [0.29, 0.717) is 0 Å². The lowest BCUT2D eigenvalue weighted by Gasteiger charge is -2.42. The Morgan fingerprint density at radius 2 is 2.15 bits per heavy atom. The molecule has 1 fully saturated rings. The van der Waals surface area contributed by atoms with Crippen LogP contribution < -0.4 is 4.90 Å². The van der Waals surface area contributed by atoms with Gasteiger partial charge in [-0.25, -0.2) is 4.98 Å². The van der Waals surface area contributed by atoms with Crippen LogP contribution in [0.4, 0.5) is 5.82 Å². The van der Waals surface area contributed by atoms with Crippen molar-refractivity contribution in [1.82, 2.24) is 4.98 Å². The molecule has 0 N–H and O–H groups in total. The summed E-state index contributed by atoms with van der Waals surface area (Å²) < 4.78 is 0. The molecule has 13 heavy (non-hydrogen) atoms. The van der Waals surface area contributed by atoms with Crippen LogP contribution in [0.5, 0.6) is 0 Å². The van der Waals surface area contributed by atoms with Gasteiger partial charge in [0.2, 0.25) is 0 Å². The van der Waals surface area contributed by atoms with Crippen LogP contribution in [0, 0.1) is 11.8 Å². The van der Waals surface area contributed by atoms with Crippen molar-refractivity contribution in [2.24, 2.45) is 11.8 Å². The molecule has 0 unspecified atom stereocenters. The summed E-state index contributed by atoms with van der Waals surface area (Å²) in [5, 5.41) is 0. The highest BCUT2D eigenvalue weighted by Crippen LogP contribution is 2.27. The minimum absolute atomic E-state index is 0.806. The van der Waals surface area contributed by atoms with E-state index in [1.807, 2.05) is 18.3 Å². The second-order valence-corrected chi connectivity index (χ2v) is 4.10. The van der Waals surface area contributed by atoms with Gasteiger partial charge in [0, 0.05) is 19.3 Å². The van der Waals surface area contributed by atoms with E-state index in [9.17, 15) is 0 Å². The zero-order valence-corrected chi connectivity index (χ0v) is 8.27. The Morgan fingerprint density at radius 3 is 2.69 bits per heavy atom. The Morgan fingerprint density at radius 1 is 1.38 bits per heavy atom. The van der Waals surface area contributed by atoms with Gasteiger partial charge in [0.05, 0.1) is 0 Å². The first-order valence-electron chi connectivity index (χ1n) is 4.93. The Kier molecular flexibility index (Phi) is 2.21. The Hall–Kier alpha value is -1.05. The molecule has 1 aliphatic heterocycles. The summed E-state index contributed by atoms with van der Waals surface area (Å²) in [4.78, 5) is 6.66. The summed E-state index contributed by atoms with van der Waals surface area (Å²) >= 11 is 0. The van der Waals surface area contributed by atoms with E-state index in [4.69, 9.17) is 0 Å². The van der Waals surface area contributed by atoms with Crippen LogP contribution >= 0.6 is 0 Å². The minimum atomic E-state index is 0.806. The second-order valence-electron chi connectivity index (χ2n) is 4.10. The van der Waals surface area contributed by atoms with Gasteiger partial charge in [-0.15, -0.1) is 0 Å². The Balaban J connectivity index is 1.94. The van der Waals surface area contributed by atoms with Gasteiger partial charge in [-0.05, 0) is 24.0 Å². The number of hydrogen-bond acceptors (Lipinski definition) is 2. The van der Waals surface area contributed by atoms with Crippen LogP contribution in [0.25, 0.3) is 0 Å². The molecule has 0 spiro atoms. The summed E-state index contributed by atoms with van der Waals surface area (Å²) in [7, 11) is 0. The van der Waals surface area contributed by atoms with Crippen molar-refractivity contribution in [1.29, 1.82) is 0 Å². The molecule has 0 bridgehead atoms. The maximum atomic E-state index is 4.32.